The maximum absolute atomic E-state index is 5.36. The normalized spacial score (nSPS) is 11.3. The minimum Gasteiger partial charge on any atom is -0.493 e. The van der Waals surface area contributed by atoms with Gasteiger partial charge in [0.05, 0.1) is 24.9 Å². The number of aromatic nitrogens is 1. The highest BCUT2D eigenvalue weighted by Gasteiger charge is 2.05. The third-order valence-corrected chi connectivity index (χ3v) is 5.08. The zero-order valence-electron chi connectivity index (χ0n) is 16.7. The zero-order chi connectivity index (χ0) is 19.5. The summed E-state index contributed by atoms with van der Waals surface area (Å²) in [7, 11) is 3.30. The number of guanidine groups is 1. The lowest BCUT2D eigenvalue weighted by Gasteiger charge is -2.12. The van der Waals surface area contributed by atoms with Crippen LogP contribution in [0.15, 0.2) is 28.6 Å². The van der Waals surface area contributed by atoms with Crippen molar-refractivity contribution >= 4 is 17.3 Å². The number of ether oxygens (including phenoxy) is 2. The second-order valence-corrected chi connectivity index (χ2v) is 6.91. The van der Waals surface area contributed by atoms with Gasteiger partial charge in [0.1, 0.15) is 0 Å². The summed E-state index contributed by atoms with van der Waals surface area (Å²) in [6.45, 7) is 6.54. The molecule has 2 aromatic rings. The second kappa shape index (κ2) is 11.4. The maximum Gasteiger partial charge on any atom is 0.191 e. The molecule has 0 unspecified atom stereocenters. The molecule has 6 nitrogen and oxygen atoms in total. The number of rotatable bonds is 10. The molecule has 0 atom stereocenters. The van der Waals surface area contributed by atoms with E-state index in [-0.39, 0.29) is 0 Å². The highest BCUT2D eigenvalue weighted by Crippen LogP contribution is 2.27. The summed E-state index contributed by atoms with van der Waals surface area (Å²) < 4.78 is 10.6. The predicted octanol–water partition coefficient (Wildman–Crippen LogP) is 3.06. The maximum atomic E-state index is 5.36. The number of thiazole rings is 1. The minimum atomic E-state index is 0.721. The summed E-state index contributed by atoms with van der Waals surface area (Å²) in [6, 6.07) is 6.00. The quantitative estimate of drug-likeness (QED) is 0.482. The van der Waals surface area contributed by atoms with E-state index in [1.54, 1.807) is 25.6 Å². The van der Waals surface area contributed by atoms with Gasteiger partial charge in [0, 0.05) is 31.4 Å². The number of aryl methyl sites for hydroxylation is 1. The Morgan fingerprint density at radius 2 is 1.93 bits per heavy atom. The molecule has 0 radical (unpaired) electrons. The summed E-state index contributed by atoms with van der Waals surface area (Å²) in [4.78, 5) is 9.24. The molecule has 0 fully saturated rings. The third-order valence-electron chi connectivity index (χ3n) is 4.04. The topological polar surface area (TPSA) is 67.8 Å². The van der Waals surface area contributed by atoms with Crippen LogP contribution in [0.5, 0.6) is 11.5 Å². The van der Waals surface area contributed by atoms with Gasteiger partial charge in [-0.15, -0.1) is 11.3 Å². The molecule has 148 valence electrons. The average molecular weight is 391 g/mol. The first-order valence-corrected chi connectivity index (χ1v) is 10.2. The lowest BCUT2D eigenvalue weighted by Crippen LogP contribution is -2.38. The van der Waals surface area contributed by atoms with Gasteiger partial charge < -0.3 is 20.1 Å². The van der Waals surface area contributed by atoms with Crippen LogP contribution in [0.25, 0.3) is 0 Å². The van der Waals surface area contributed by atoms with Crippen LogP contribution in [0.1, 0.15) is 30.1 Å². The fourth-order valence-corrected chi connectivity index (χ4v) is 3.39. The molecule has 1 aromatic heterocycles. The lowest BCUT2D eigenvalue weighted by atomic mass is 10.1. The van der Waals surface area contributed by atoms with Crippen molar-refractivity contribution in [2.24, 2.45) is 4.99 Å². The molecule has 7 heteroatoms. The number of benzene rings is 1. The number of nitrogens with one attached hydrogen (secondary N) is 2. The van der Waals surface area contributed by atoms with E-state index in [4.69, 9.17) is 9.47 Å². The fourth-order valence-electron chi connectivity index (χ4n) is 2.61. The first-order chi connectivity index (χ1) is 13.2. The molecule has 1 aromatic carbocycles. The van der Waals surface area contributed by atoms with Gasteiger partial charge >= 0.3 is 0 Å². The van der Waals surface area contributed by atoms with E-state index < -0.39 is 0 Å². The molecule has 0 aliphatic rings. The number of nitrogens with zero attached hydrogens (tertiary/aromatic N) is 2. The van der Waals surface area contributed by atoms with Crippen LogP contribution in [0.3, 0.4) is 0 Å². The molecule has 0 bridgehead atoms. The second-order valence-electron chi connectivity index (χ2n) is 5.96. The number of hydrogen-bond donors (Lipinski definition) is 2. The molecule has 2 rings (SSSR count). The molecular formula is C20H30N4O2S. The molecule has 1 heterocycles. The summed E-state index contributed by atoms with van der Waals surface area (Å²) in [5, 5.41) is 10.00. The minimum absolute atomic E-state index is 0.721. The molecular weight excluding hydrogens is 360 g/mol. The Balaban J connectivity index is 1.84. The van der Waals surface area contributed by atoms with Gasteiger partial charge in [0.15, 0.2) is 17.5 Å². The van der Waals surface area contributed by atoms with Crippen molar-refractivity contribution in [3.8, 4) is 11.5 Å². The Kier molecular flexibility index (Phi) is 8.91. The van der Waals surface area contributed by atoms with E-state index in [2.05, 4.69) is 45.9 Å². The van der Waals surface area contributed by atoms with Crippen LogP contribution in [0.2, 0.25) is 0 Å². The Labute approximate surface area is 166 Å². The van der Waals surface area contributed by atoms with Gasteiger partial charge in [-0.05, 0) is 37.5 Å². The monoisotopic (exact) mass is 390 g/mol. The molecule has 2 N–H and O–H groups in total. The van der Waals surface area contributed by atoms with Gasteiger partial charge in [0.2, 0.25) is 0 Å². The van der Waals surface area contributed by atoms with Crippen LogP contribution in [-0.4, -0.2) is 44.8 Å². The van der Waals surface area contributed by atoms with Crippen LogP contribution in [-0.2, 0) is 19.3 Å². The molecule has 0 saturated heterocycles. The fraction of sp³-hybridized carbons (Fsp3) is 0.500. The number of methoxy groups -OCH3 is 2. The summed E-state index contributed by atoms with van der Waals surface area (Å²) in [6.07, 6.45) is 2.73. The number of aliphatic imine (C=N–C) groups is 1. The van der Waals surface area contributed by atoms with Crippen molar-refractivity contribution in [3.05, 3.63) is 39.8 Å². The Morgan fingerprint density at radius 1 is 1.11 bits per heavy atom. The van der Waals surface area contributed by atoms with Gasteiger partial charge in [0.25, 0.3) is 0 Å². The first kappa shape index (κ1) is 21.0. The molecule has 0 spiro atoms. The summed E-state index contributed by atoms with van der Waals surface area (Å²) in [5.41, 5.74) is 2.31. The van der Waals surface area contributed by atoms with E-state index in [0.29, 0.717) is 0 Å². The average Bonchev–Trinajstić information content (AvgIpc) is 3.15. The smallest absolute Gasteiger partial charge is 0.191 e. The van der Waals surface area contributed by atoms with Gasteiger partial charge in [-0.2, -0.15) is 0 Å². The molecule has 27 heavy (non-hydrogen) atoms. The van der Waals surface area contributed by atoms with Crippen molar-refractivity contribution < 1.29 is 9.47 Å². The molecule has 0 aliphatic heterocycles. The van der Waals surface area contributed by atoms with Gasteiger partial charge in [-0.25, -0.2) is 4.98 Å². The van der Waals surface area contributed by atoms with Crippen molar-refractivity contribution in [3.63, 3.8) is 0 Å². The molecule has 0 amide bonds. The van der Waals surface area contributed by atoms with E-state index in [1.165, 1.54) is 10.6 Å². The van der Waals surface area contributed by atoms with Crippen molar-refractivity contribution in [1.29, 1.82) is 0 Å². The van der Waals surface area contributed by atoms with Crippen molar-refractivity contribution in [1.82, 2.24) is 15.6 Å². The third kappa shape index (κ3) is 6.75. The Hall–Kier alpha value is -2.28. The summed E-state index contributed by atoms with van der Waals surface area (Å²) in [5.74, 6) is 2.34. The lowest BCUT2D eigenvalue weighted by molar-refractivity contribution is 0.354. The van der Waals surface area contributed by atoms with Gasteiger partial charge in [-0.3, -0.25) is 4.99 Å². The Bertz CT molecular complexity index is 731. The highest BCUT2D eigenvalue weighted by molar-refractivity contribution is 7.09. The van der Waals surface area contributed by atoms with E-state index >= 15 is 0 Å². The van der Waals surface area contributed by atoms with Crippen molar-refractivity contribution in [2.75, 3.05) is 33.9 Å². The van der Waals surface area contributed by atoms with Crippen LogP contribution in [0.4, 0.5) is 0 Å². The van der Waals surface area contributed by atoms with Gasteiger partial charge in [-0.1, -0.05) is 13.0 Å². The SMILES string of the molecule is CCNC(=NCCc1csc(CC)n1)NCCc1ccc(OC)c(OC)c1. The highest BCUT2D eigenvalue weighted by atomic mass is 32.1. The van der Waals surface area contributed by atoms with Crippen LogP contribution in [0, 0.1) is 0 Å². The Morgan fingerprint density at radius 3 is 2.59 bits per heavy atom. The van der Waals surface area contributed by atoms with Crippen molar-refractivity contribution in [2.45, 2.75) is 33.1 Å². The standard InChI is InChI=1S/C20H30N4O2S/c1-5-19-24-16(14-27-19)10-12-23-20(21-6-2)22-11-9-15-7-8-17(25-3)18(13-15)26-4/h7-8,13-14H,5-6,9-12H2,1-4H3,(H2,21,22,23). The molecule has 0 aliphatic carbocycles. The van der Waals surface area contributed by atoms with E-state index in [1.807, 2.05) is 12.1 Å². The van der Waals surface area contributed by atoms with Crippen LogP contribution >= 0.6 is 11.3 Å². The predicted molar refractivity (Wildman–Crippen MR) is 112 cm³/mol. The number of hydrogen-bond acceptors (Lipinski definition) is 5. The van der Waals surface area contributed by atoms with E-state index in [9.17, 15) is 0 Å². The summed E-state index contributed by atoms with van der Waals surface area (Å²) >= 11 is 1.73. The van der Waals surface area contributed by atoms with Crippen LogP contribution < -0.4 is 20.1 Å². The zero-order valence-corrected chi connectivity index (χ0v) is 17.5. The first-order valence-electron chi connectivity index (χ1n) is 9.36. The van der Waals surface area contributed by atoms with E-state index in [0.717, 1.165) is 62.0 Å². The largest absolute Gasteiger partial charge is 0.493 e. The molecule has 0 saturated carbocycles.